The average molecular weight is 356 g/mol. The van der Waals surface area contributed by atoms with Crippen molar-refractivity contribution >= 4 is 27.5 Å². The van der Waals surface area contributed by atoms with Crippen molar-refractivity contribution in [1.82, 2.24) is 9.97 Å². The number of benzene rings is 1. The van der Waals surface area contributed by atoms with E-state index in [2.05, 4.69) is 25.9 Å². The quantitative estimate of drug-likeness (QED) is 0.731. The smallest absolute Gasteiger partial charge is 0.221 e. The highest BCUT2D eigenvalue weighted by Crippen LogP contribution is 2.25. The molecule has 1 aromatic carbocycles. The first-order valence-electron chi connectivity index (χ1n) is 6.38. The minimum absolute atomic E-state index is 0.211. The van der Waals surface area contributed by atoms with Crippen LogP contribution in [0.4, 0.5) is 0 Å². The Labute approximate surface area is 132 Å². The number of rotatable bonds is 4. The largest absolute Gasteiger partial charge is 0.472 e. The van der Waals surface area contributed by atoms with Crippen LogP contribution in [0.2, 0.25) is 5.15 Å². The maximum absolute atomic E-state index is 6.13. The van der Waals surface area contributed by atoms with Crippen molar-refractivity contribution in [3.63, 3.8) is 0 Å². The third-order valence-electron chi connectivity index (χ3n) is 2.86. The monoisotopic (exact) mass is 354 g/mol. The standard InChI is InChI=1S/C15H16BrClN2O/c1-9(2)14-18-13(17)10(3)15(19-14)20-8-11-4-6-12(16)7-5-11/h4-7,9H,8H2,1-3H3. The summed E-state index contributed by atoms with van der Waals surface area (Å²) in [5, 5.41) is 0.453. The highest BCUT2D eigenvalue weighted by molar-refractivity contribution is 9.10. The van der Waals surface area contributed by atoms with Gasteiger partial charge in [-0.2, -0.15) is 4.98 Å². The number of hydrogen-bond donors (Lipinski definition) is 0. The Morgan fingerprint density at radius 1 is 1.20 bits per heavy atom. The van der Waals surface area contributed by atoms with E-state index >= 15 is 0 Å². The third-order valence-corrected chi connectivity index (χ3v) is 3.76. The molecule has 0 atom stereocenters. The summed E-state index contributed by atoms with van der Waals surface area (Å²) in [5.74, 6) is 1.46. The minimum Gasteiger partial charge on any atom is -0.472 e. The molecule has 2 rings (SSSR count). The highest BCUT2D eigenvalue weighted by Gasteiger charge is 2.13. The number of halogens is 2. The normalized spacial score (nSPS) is 10.9. The summed E-state index contributed by atoms with van der Waals surface area (Å²) in [4.78, 5) is 8.71. The lowest BCUT2D eigenvalue weighted by Crippen LogP contribution is -2.05. The van der Waals surface area contributed by atoms with Gasteiger partial charge in [0.2, 0.25) is 5.88 Å². The zero-order chi connectivity index (χ0) is 14.7. The number of nitrogens with zero attached hydrogens (tertiary/aromatic N) is 2. The van der Waals surface area contributed by atoms with E-state index in [9.17, 15) is 0 Å². The summed E-state index contributed by atoms with van der Waals surface area (Å²) < 4.78 is 6.83. The minimum atomic E-state index is 0.211. The molecular weight excluding hydrogens is 340 g/mol. The van der Waals surface area contributed by atoms with Gasteiger partial charge in [0.15, 0.2) is 0 Å². The summed E-state index contributed by atoms with van der Waals surface area (Å²) in [6.07, 6.45) is 0. The fraction of sp³-hybridized carbons (Fsp3) is 0.333. The molecule has 106 valence electrons. The molecule has 0 aliphatic rings. The first kappa shape index (κ1) is 15.3. The van der Waals surface area contributed by atoms with Gasteiger partial charge in [0.25, 0.3) is 0 Å². The van der Waals surface area contributed by atoms with Crippen molar-refractivity contribution in [2.45, 2.75) is 33.3 Å². The van der Waals surface area contributed by atoms with Crippen LogP contribution in [0.5, 0.6) is 5.88 Å². The van der Waals surface area contributed by atoms with Crippen molar-refractivity contribution < 1.29 is 4.74 Å². The zero-order valence-electron chi connectivity index (χ0n) is 11.7. The number of hydrogen-bond acceptors (Lipinski definition) is 3. The molecule has 0 spiro atoms. The van der Waals surface area contributed by atoms with E-state index in [1.165, 1.54) is 0 Å². The van der Waals surface area contributed by atoms with Gasteiger partial charge in [0, 0.05) is 16.0 Å². The molecule has 2 aromatic rings. The molecule has 0 N–H and O–H groups in total. The predicted octanol–water partition coefficient (Wildman–Crippen LogP) is 4.90. The van der Waals surface area contributed by atoms with Gasteiger partial charge in [-0.1, -0.05) is 53.5 Å². The first-order chi connectivity index (χ1) is 9.47. The van der Waals surface area contributed by atoms with E-state index in [0.717, 1.165) is 15.6 Å². The Morgan fingerprint density at radius 3 is 2.45 bits per heavy atom. The van der Waals surface area contributed by atoms with Gasteiger partial charge in [-0.3, -0.25) is 0 Å². The summed E-state index contributed by atoms with van der Waals surface area (Å²) in [7, 11) is 0. The van der Waals surface area contributed by atoms with Crippen LogP contribution in [-0.2, 0) is 6.61 Å². The Bertz CT molecular complexity index is 600. The van der Waals surface area contributed by atoms with Crippen LogP contribution in [0.3, 0.4) is 0 Å². The van der Waals surface area contributed by atoms with Crippen LogP contribution in [0, 0.1) is 6.92 Å². The van der Waals surface area contributed by atoms with Crippen molar-refractivity contribution in [2.24, 2.45) is 0 Å². The van der Waals surface area contributed by atoms with E-state index < -0.39 is 0 Å². The molecule has 20 heavy (non-hydrogen) atoms. The van der Waals surface area contributed by atoms with Crippen molar-refractivity contribution in [1.29, 1.82) is 0 Å². The first-order valence-corrected chi connectivity index (χ1v) is 7.55. The lowest BCUT2D eigenvalue weighted by molar-refractivity contribution is 0.289. The van der Waals surface area contributed by atoms with E-state index in [1.54, 1.807) is 0 Å². The van der Waals surface area contributed by atoms with Crippen LogP contribution < -0.4 is 4.74 Å². The molecule has 0 saturated carbocycles. The lowest BCUT2D eigenvalue weighted by Gasteiger charge is -2.12. The Morgan fingerprint density at radius 2 is 1.85 bits per heavy atom. The SMILES string of the molecule is Cc1c(Cl)nc(C(C)C)nc1OCc1ccc(Br)cc1. The molecule has 0 amide bonds. The van der Waals surface area contributed by atoms with Gasteiger partial charge in [0.1, 0.15) is 17.6 Å². The second kappa shape index (κ2) is 6.55. The average Bonchev–Trinajstić information content (AvgIpc) is 2.42. The van der Waals surface area contributed by atoms with Crippen molar-refractivity contribution in [2.75, 3.05) is 0 Å². The molecule has 0 bridgehead atoms. The molecule has 0 aliphatic carbocycles. The molecule has 0 aliphatic heterocycles. The van der Waals surface area contributed by atoms with Gasteiger partial charge in [-0.25, -0.2) is 4.98 Å². The fourth-order valence-electron chi connectivity index (χ4n) is 1.62. The zero-order valence-corrected chi connectivity index (χ0v) is 14.0. The van der Waals surface area contributed by atoms with E-state index in [1.807, 2.05) is 45.0 Å². The topological polar surface area (TPSA) is 35.0 Å². The van der Waals surface area contributed by atoms with E-state index in [0.29, 0.717) is 23.5 Å². The second-order valence-electron chi connectivity index (χ2n) is 4.87. The summed E-state index contributed by atoms with van der Waals surface area (Å²) in [6.45, 7) is 6.38. The third kappa shape index (κ3) is 3.70. The molecular formula is C15H16BrClN2O. The van der Waals surface area contributed by atoms with Crippen LogP contribution in [0.1, 0.15) is 36.7 Å². The molecule has 0 fully saturated rings. The molecule has 0 saturated heterocycles. The van der Waals surface area contributed by atoms with Gasteiger partial charge < -0.3 is 4.74 Å². The van der Waals surface area contributed by atoms with Crippen LogP contribution in [0.25, 0.3) is 0 Å². The Balaban J connectivity index is 2.18. The molecule has 0 unspecified atom stereocenters. The summed E-state index contributed by atoms with van der Waals surface area (Å²) in [6, 6.07) is 7.98. The molecule has 1 aromatic heterocycles. The summed E-state index contributed by atoms with van der Waals surface area (Å²) in [5.41, 5.74) is 1.85. The van der Waals surface area contributed by atoms with Gasteiger partial charge in [-0.05, 0) is 24.6 Å². The maximum Gasteiger partial charge on any atom is 0.221 e. The lowest BCUT2D eigenvalue weighted by atomic mass is 10.2. The number of aromatic nitrogens is 2. The summed E-state index contributed by atoms with van der Waals surface area (Å²) >= 11 is 9.54. The fourth-order valence-corrected chi connectivity index (χ4v) is 2.05. The maximum atomic E-state index is 6.13. The molecule has 5 heteroatoms. The van der Waals surface area contributed by atoms with E-state index in [-0.39, 0.29) is 5.92 Å². The van der Waals surface area contributed by atoms with Crippen molar-refractivity contribution in [3.05, 3.63) is 50.8 Å². The molecule has 0 radical (unpaired) electrons. The van der Waals surface area contributed by atoms with E-state index in [4.69, 9.17) is 16.3 Å². The predicted molar refractivity (Wildman–Crippen MR) is 84.3 cm³/mol. The van der Waals surface area contributed by atoms with Gasteiger partial charge in [-0.15, -0.1) is 0 Å². The van der Waals surface area contributed by atoms with Crippen LogP contribution in [-0.4, -0.2) is 9.97 Å². The number of ether oxygens (including phenoxy) is 1. The van der Waals surface area contributed by atoms with Crippen molar-refractivity contribution in [3.8, 4) is 5.88 Å². The van der Waals surface area contributed by atoms with Gasteiger partial charge in [0.05, 0.1) is 0 Å². The van der Waals surface area contributed by atoms with Crippen LogP contribution in [0.15, 0.2) is 28.7 Å². The Hall–Kier alpha value is -1.13. The van der Waals surface area contributed by atoms with Crippen LogP contribution >= 0.6 is 27.5 Å². The van der Waals surface area contributed by atoms with Gasteiger partial charge >= 0.3 is 0 Å². The Kier molecular flexibility index (Phi) is 5.00. The highest BCUT2D eigenvalue weighted by atomic mass is 79.9. The second-order valence-corrected chi connectivity index (χ2v) is 6.15. The molecule has 1 heterocycles. The molecule has 3 nitrogen and oxygen atoms in total.